The van der Waals surface area contributed by atoms with Crippen LogP contribution in [0.2, 0.25) is 0 Å². The third kappa shape index (κ3) is 2.87. The summed E-state index contributed by atoms with van der Waals surface area (Å²) in [7, 11) is 0. The van der Waals surface area contributed by atoms with Gasteiger partial charge in [0.05, 0.1) is 12.2 Å². The number of amides is 1. The Balaban J connectivity index is 1.73. The molecule has 5 heteroatoms. The Morgan fingerprint density at radius 1 is 1.38 bits per heavy atom. The molecule has 1 fully saturated rings. The highest BCUT2D eigenvalue weighted by molar-refractivity contribution is 5.95. The van der Waals surface area contributed by atoms with E-state index < -0.39 is 17.4 Å². The average molecular weight is 295 g/mol. The molecule has 1 saturated carbocycles. The van der Waals surface area contributed by atoms with Crippen molar-refractivity contribution in [1.82, 2.24) is 0 Å². The average Bonchev–Trinajstić information content (AvgIpc) is 3.01. The standard InChI is InChI=1S/C16H19F2NO2/c1-15(2)10-19(12-5-3-4-6-13(12)21-15)14(20)8-7-11-9-16(11,17)18/h3-6,11H,7-10H2,1-2H3. The zero-order valence-electron chi connectivity index (χ0n) is 12.2. The van der Waals surface area contributed by atoms with E-state index in [1.54, 1.807) is 4.90 Å². The van der Waals surface area contributed by atoms with Gasteiger partial charge in [0, 0.05) is 18.8 Å². The molecule has 0 N–H and O–H groups in total. The van der Waals surface area contributed by atoms with Gasteiger partial charge in [0.25, 0.3) is 5.92 Å². The predicted molar refractivity (Wildman–Crippen MR) is 75.8 cm³/mol. The van der Waals surface area contributed by atoms with E-state index in [0.717, 1.165) is 5.69 Å². The number of hydrogen-bond donors (Lipinski definition) is 0. The molecular formula is C16H19F2NO2. The van der Waals surface area contributed by atoms with Gasteiger partial charge in [-0.25, -0.2) is 8.78 Å². The topological polar surface area (TPSA) is 29.5 Å². The first-order chi connectivity index (χ1) is 9.78. The van der Waals surface area contributed by atoms with Gasteiger partial charge >= 0.3 is 0 Å². The molecule has 0 bridgehead atoms. The highest BCUT2D eigenvalue weighted by Gasteiger charge is 2.56. The number of carbonyl (C=O) groups is 1. The monoisotopic (exact) mass is 295 g/mol. The normalized spacial score (nSPS) is 25.0. The summed E-state index contributed by atoms with van der Waals surface area (Å²) < 4.78 is 31.7. The largest absolute Gasteiger partial charge is 0.484 e. The quantitative estimate of drug-likeness (QED) is 0.852. The fraction of sp³-hybridized carbons (Fsp3) is 0.562. The van der Waals surface area contributed by atoms with Gasteiger partial charge in [0.1, 0.15) is 11.4 Å². The number of alkyl halides is 2. The third-order valence-corrected chi connectivity index (χ3v) is 4.04. The van der Waals surface area contributed by atoms with E-state index in [0.29, 0.717) is 12.3 Å². The van der Waals surface area contributed by atoms with Crippen LogP contribution in [-0.4, -0.2) is 24.0 Å². The lowest BCUT2D eigenvalue weighted by molar-refractivity contribution is -0.119. The summed E-state index contributed by atoms with van der Waals surface area (Å²) in [5.41, 5.74) is 0.248. The minimum atomic E-state index is -2.55. The van der Waals surface area contributed by atoms with Crippen LogP contribution in [0.5, 0.6) is 5.75 Å². The van der Waals surface area contributed by atoms with Gasteiger partial charge in [-0.3, -0.25) is 4.79 Å². The number of fused-ring (bicyclic) bond motifs is 1. The smallest absolute Gasteiger partial charge is 0.251 e. The molecule has 1 aliphatic carbocycles. The van der Waals surface area contributed by atoms with E-state index >= 15 is 0 Å². The Morgan fingerprint density at radius 2 is 2.05 bits per heavy atom. The van der Waals surface area contributed by atoms with E-state index in [1.807, 2.05) is 38.1 Å². The Bertz CT molecular complexity index is 571. The van der Waals surface area contributed by atoms with Crippen molar-refractivity contribution >= 4 is 11.6 Å². The summed E-state index contributed by atoms with van der Waals surface area (Å²) in [4.78, 5) is 14.1. The second-order valence-corrected chi connectivity index (χ2v) is 6.51. The molecule has 1 atom stereocenters. The van der Waals surface area contributed by atoms with Crippen LogP contribution in [0.25, 0.3) is 0 Å². The van der Waals surface area contributed by atoms with Gasteiger partial charge in [-0.15, -0.1) is 0 Å². The van der Waals surface area contributed by atoms with Crippen LogP contribution in [0.15, 0.2) is 24.3 Å². The SMILES string of the molecule is CC1(C)CN(C(=O)CCC2CC2(F)F)c2ccccc2O1. The number of anilines is 1. The second-order valence-electron chi connectivity index (χ2n) is 6.51. The van der Waals surface area contributed by atoms with E-state index in [9.17, 15) is 13.6 Å². The maximum absolute atomic E-state index is 12.9. The molecule has 1 aliphatic heterocycles. The van der Waals surface area contributed by atoms with Crippen LogP contribution in [0.3, 0.4) is 0 Å². The molecule has 114 valence electrons. The maximum atomic E-state index is 12.9. The first kappa shape index (κ1) is 14.3. The van der Waals surface area contributed by atoms with Crippen LogP contribution in [0.1, 0.15) is 33.1 Å². The molecule has 1 aromatic rings. The third-order valence-electron chi connectivity index (χ3n) is 4.04. The van der Waals surface area contributed by atoms with Crippen LogP contribution < -0.4 is 9.64 Å². The molecule has 1 aromatic carbocycles. The van der Waals surface area contributed by atoms with Crippen molar-refractivity contribution in [2.45, 2.75) is 44.6 Å². The highest BCUT2D eigenvalue weighted by atomic mass is 19.3. The molecule has 3 rings (SSSR count). The van der Waals surface area contributed by atoms with Crippen LogP contribution in [0, 0.1) is 5.92 Å². The van der Waals surface area contributed by atoms with E-state index in [4.69, 9.17) is 4.74 Å². The summed E-state index contributed by atoms with van der Waals surface area (Å²) in [6.45, 7) is 4.26. The van der Waals surface area contributed by atoms with Crippen molar-refractivity contribution < 1.29 is 18.3 Å². The van der Waals surface area contributed by atoms with Crippen LogP contribution in [-0.2, 0) is 4.79 Å². The zero-order valence-corrected chi connectivity index (χ0v) is 12.2. The van der Waals surface area contributed by atoms with Gasteiger partial charge in [-0.05, 0) is 32.4 Å². The fourth-order valence-electron chi connectivity index (χ4n) is 2.80. The molecule has 1 heterocycles. The molecule has 0 radical (unpaired) electrons. The fourth-order valence-corrected chi connectivity index (χ4v) is 2.80. The van der Waals surface area contributed by atoms with Crippen molar-refractivity contribution in [3.8, 4) is 5.75 Å². The summed E-state index contributed by atoms with van der Waals surface area (Å²) in [5.74, 6) is -2.62. The number of benzene rings is 1. The molecule has 0 spiro atoms. The van der Waals surface area contributed by atoms with E-state index in [1.165, 1.54) is 0 Å². The number of hydrogen-bond acceptors (Lipinski definition) is 2. The summed E-state index contributed by atoms with van der Waals surface area (Å²) >= 11 is 0. The summed E-state index contributed by atoms with van der Waals surface area (Å²) in [6, 6.07) is 7.35. The Morgan fingerprint density at radius 3 is 2.71 bits per heavy atom. The van der Waals surface area contributed by atoms with Gasteiger partial charge < -0.3 is 9.64 Å². The second kappa shape index (κ2) is 4.68. The lowest BCUT2D eigenvalue weighted by atomic mass is 10.0. The van der Waals surface area contributed by atoms with Gasteiger partial charge in [-0.2, -0.15) is 0 Å². The first-order valence-corrected chi connectivity index (χ1v) is 7.25. The predicted octanol–water partition coefficient (Wildman–Crippen LogP) is 3.63. The molecule has 0 aromatic heterocycles. The number of rotatable bonds is 3. The molecule has 21 heavy (non-hydrogen) atoms. The Hall–Kier alpha value is -1.65. The Kier molecular flexibility index (Phi) is 3.19. The van der Waals surface area contributed by atoms with Gasteiger partial charge in [-0.1, -0.05) is 12.1 Å². The van der Waals surface area contributed by atoms with E-state index in [-0.39, 0.29) is 25.2 Å². The molecule has 0 saturated heterocycles. The molecule has 2 aliphatic rings. The minimum absolute atomic E-state index is 0.0779. The lowest BCUT2D eigenvalue weighted by Crippen LogP contribution is -2.49. The van der Waals surface area contributed by atoms with Crippen LogP contribution in [0.4, 0.5) is 14.5 Å². The van der Waals surface area contributed by atoms with Crippen molar-refractivity contribution in [3.05, 3.63) is 24.3 Å². The maximum Gasteiger partial charge on any atom is 0.251 e. The van der Waals surface area contributed by atoms with Crippen molar-refractivity contribution in [2.75, 3.05) is 11.4 Å². The summed E-state index contributed by atoms with van der Waals surface area (Å²) in [6.07, 6.45) is 0.335. The van der Waals surface area contributed by atoms with Crippen LogP contribution >= 0.6 is 0 Å². The first-order valence-electron chi connectivity index (χ1n) is 7.25. The van der Waals surface area contributed by atoms with E-state index in [2.05, 4.69) is 0 Å². The number of halogens is 2. The van der Waals surface area contributed by atoms with Crippen molar-refractivity contribution in [2.24, 2.45) is 5.92 Å². The minimum Gasteiger partial charge on any atom is -0.484 e. The molecule has 1 amide bonds. The number of nitrogens with zero attached hydrogens (tertiary/aromatic N) is 1. The highest BCUT2D eigenvalue weighted by Crippen LogP contribution is 2.51. The van der Waals surface area contributed by atoms with Gasteiger partial charge in [0.2, 0.25) is 5.91 Å². The molecule has 3 nitrogen and oxygen atoms in total. The number of ether oxygens (including phenoxy) is 1. The molecule has 1 unspecified atom stereocenters. The Labute approximate surface area is 122 Å². The van der Waals surface area contributed by atoms with Crippen molar-refractivity contribution in [3.63, 3.8) is 0 Å². The molecular weight excluding hydrogens is 276 g/mol. The zero-order chi connectivity index (χ0) is 15.3. The summed E-state index contributed by atoms with van der Waals surface area (Å²) in [5, 5.41) is 0. The lowest BCUT2D eigenvalue weighted by Gasteiger charge is -2.39. The number of para-hydroxylation sites is 2. The van der Waals surface area contributed by atoms with Gasteiger partial charge in [0.15, 0.2) is 0 Å². The number of carbonyl (C=O) groups excluding carboxylic acids is 1. The van der Waals surface area contributed by atoms with Crippen molar-refractivity contribution in [1.29, 1.82) is 0 Å².